The van der Waals surface area contributed by atoms with Gasteiger partial charge in [0.25, 0.3) is 0 Å². The van der Waals surface area contributed by atoms with Crippen LogP contribution in [0, 0.1) is 12.8 Å². The normalized spacial score (nSPS) is 18.3. The molecule has 2 aromatic rings. The summed E-state index contributed by atoms with van der Waals surface area (Å²) < 4.78 is 11.4. The molecule has 0 amide bonds. The third-order valence-electron chi connectivity index (χ3n) is 4.32. The molecule has 1 fully saturated rings. The number of aromatic nitrogens is 2. The first kappa shape index (κ1) is 15.0. The van der Waals surface area contributed by atoms with Crippen LogP contribution in [0.15, 0.2) is 34.7 Å². The molecule has 1 aliphatic heterocycles. The van der Waals surface area contributed by atoms with Gasteiger partial charge in [0, 0.05) is 6.92 Å². The van der Waals surface area contributed by atoms with Gasteiger partial charge in [-0.2, -0.15) is 0 Å². The number of hydrogen-bond donors (Lipinski definition) is 0. The summed E-state index contributed by atoms with van der Waals surface area (Å²) in [6.45, 7) is 6.85. The number of para-hydroxylation sites is 1. The minimum atomic E-state index is 0.192. The van der Waals surface area contributed by atoms with Crippen molar-refractivity contribution in [2.75, 3.05) is 19.7 Å². The van der Waals surface area contributed by atoms with Crippen LogP contribution >= 0.6 is 0 Å². The van der Waals surface area contributed by atoms with Gasteiger partial charge in [-0.05, 0) is 50.9 Å². The number of aryl methyl sites for hydroxylation is 1. The molecule has 0 N–H and O–H groups in total. The summed E-state index contributed by atoms with van der Waals surface area (Å²) in [5.74, 6) is 2.93. The fourth-order valence-electron chi connectivity index (χ4n) is 2.87. The summed E-state index contributed by atoms with van der Waals surface area (Å²) in [5.41, 5.74) is 0. The molecule has 0 aliphatic carbocycles. The summed E-state index contributed by atoms with van der Waals surface area (Å²) >= 11 is 0. The molecule has 2 heterocycles. The smallest absolute Gasteiger partial charge is 0.233 e. The predicted octanol–water partition coefficient (Wildman–Crippen LogP) is 3.23. The summed E-state index contributed by atoms with van der Waals surface area (Å²) in [6.07, 6.45) is 2.29. The maximum atomic E-state index is 5.87. The highest BCUT2D eigenvalue weighted by atomic mass is 16.5. The quantitative estimate of drug-likeness (QED) is 0.848. The first-order chi connectivity index (χ1) is 10.7. The molecule has 0 spiro atoms. The molecule has 0 saturated carbocycles. The Morgan fingerprint density at radius 2 is 1.95 bits per heavy atom. The maximum absolute atomic E-state index is 5.87. The van der Waals surface area contributed by atoms with Crippen molar-refractivity contribution in [2.45, 2.75) is 32.7 Å². The highest BCUT2D eigenvalue weighted by molar-refractivity contribution is 5.20. The lowest BCUT2D eigenvalue weighted by Crippen LogP contribution is -2.37. The summed E-state index contributed by atoms with van der Waals surface area (Å²) in [4.78, 5) is 2.41. The molecule has 5 heteroatoms. The molecule has 0 bridgehead atoms. The van der Waals surface area contributed by atoms with Gasteiger partial charge in [0.2, 0.25) is 11.8 Å². The lowest BCUT2D eigenvalue weighted by atomic mass is 9.97. The average molecular weight is 301 g/mol. The van der Waals surface area contributed by atoms with Gasteiger partial charge in [-0.15, -0.1) is 10.2 Å². The van der Waals surface area contributed by atoms with Gasteiger partial charge >= 0.3 is 0 Å². The summed E-state index contributed by atoms with van der Waals surface area (Å²) in [5, 5.41) is 8.05. The Labute approximate surface area is 131 Å². The standard InChI is InChI=1S/C17H23N3O2/c1-13(17-19-18-14(2)22-17)20-10-8-15(9-11-20)12-21-16-6-4-3-5-7-16/h3-7,13,15H,8-12H2,1-2H3/t13-/m0/s1. The van der Waals surface area contributed by atoms with Crippen LogP contribution < -0.4 is 4.74 Å². The number of ether oxygens (including phenoxy) is 1. The third kappa shape index (κ3) is 3.65. The number of nitrogens with zero attached hydrogens (tertiary/aromatic N) is 3. The molecular weight excluding hydrogens is 278 g/mol. The zero-order chi connectivity index (χ0) is 15.4. The molecule has 1 aromatic carbocycles. The molecule has 0 radical (unpaired) electrons. The van der Waals surface area contributed by atoms with Crippen LogP contribution in [0.2, 0.25) is 0 Å². The van der Waals surface area contributed by atoms with Crippen molar-refractivity contribution >= 4 is 0 Å². The number of rotatable bonds is 5. The minimum absolute atomic E-state index is 0.192. The van der Waals surface area contributed by atoms with E-state index in [1.807, 2.05) is 37.3 Å². The van der Waals surface area contributed by atoms with Crippen LogP contribution in [0.3, 0.4) is 0 Å². The van der Waals surface area contributed by atoms with Crippen LogP contribution in [0.4, 0.5) is 0 Å². The largest absolute Gasteiger partial charge is 0.493 e. The third-order valence-corrected chi connectivity index (χ3v) is 4.32. The second-order valence-corrected chi connectivity index (χ2v) is 5.94. The van der Waals surface area contributed by atoms with E-state index in [-0.39, 0.29) is 6.04 Å². The fraction of sp³-hybridized carbons (Fsp3) is 0.529. The second kappa shape index (κ2) is 6.92. The van der Waals surface area contributed by atoms with Gasteiger partial charge in [-0.3, -0.25) is 4.90 Å². The van der Waals surface area contributed by atoms with Crippen molar-refractivity contribution in [2.24, 2.45) is 5.92 Å². The van der Waals surface area contributed by atoms with E-state index in [1.165, 1.54) is 0 Å². The zero-order valence-corrected chi connectivity index (χ0v) is 13.2. The van der Waals surface area contributed by atoms with Gasteiger partial charge in [0.15, 0.2) is 0 Å². The molecule has 1 atom stereocenters. The van der Waals surface area contributed by atoms with E-state index in [9.17, 15) is 0 Å². The van der Waals surface area contributed by atoms with Crippen LogP contribution in [0.1, 0.15) is 37.6 Å². The highest BCUT2D eigenvalue weighted by Crippen LogP contribution is 2.26. The van der Waals surface area contributed by atoms with E-state index in [1.54, 1.807) is 0 Å². The van der Waals surface area contributed by atoms with Crippen LogP contribution in [-0.2, 0) is 0 Å². The Kier molecular flexibility index (Phi) is 4.73. The van der Waals surface area contributed by atoms with E-state index in [4.69, 9.17) is 9.15 Å². The molecule has 5 nitrogen and oxygen atoms in total. The Bertz CT molecular complexity index is 577. The molecule has 0 unspecified atom stereocenters. The molecule has 22 heavy (non-hydrogen) atoms. The number of hydrogen-bond acceptors (Lipinski definition) is 5. The Hall–Kier alpha value is -1.88. The van der Waals surface area contributed by atoms with Crippen molar-refractivity contribution in [1.82, 2.24) is 15.1 Å². The Morgan fingerprint density at radius 3 is 2.59 bits per heavy atom. The van der Waals surface area contributed by atoms with Crippen molar-refractivity contribution in [3.63, 3.8) is 0 Å². The average Bonchev–Trinajstić information content (AvgIpc) is 3.00. The van der Waals surface area contributed by atoms with Gasteiger partial charge in [0.1, 0.15) is 5.75 Å². The lowest BCUT2D eigenvalue weighted by molar-refractivity contribution is 0.101. The molecular formula is C17H23N3O2. The monoisotopic (exact) mass is 301 g/mol. The topological polar surface area (TPSA) is 51.4 Å². The van der Waals surface area contributed by atoms with Gasteiger partial charge in [-0.25, -0.2) is 0 Å². The molecule has 1 saturated heterocycles. The van der Waals surface area contributed by atoms with Crippen LogP contribution in [0.25, 0.3) is 0 Å². The number of piperidine rings is 1. The Morgan fingerprint density at radius 1 is 1.23 bits per heavy atom. The van der Waals surface area contributed by atoms with Crippen molar-refractivity contribution < 1.29 is 9.15 Å². The number of benzene rings is 1. The second-order valence-electron chi connectivity index (χ2n) is 5.94. The van der Waals surface area contributed by atoms with Crippen molar-refractivity contribution in [1.29, 1.82) is 0 Å². The van der Waals surface area contributed by atoms with Crippen molar-refractivity contribution in [3.8, 4) is 5.75 Å². The van der Waals surface area contributed by atoms with Gasteiger partial charge in [-0.1, -0.05) is 18.2 Å². The lowest BCUT2D eigenvalue weighted by Gasteiger charge is -2.34. The van der Waals surface area contributed by atoms with E-state index >= 15 is 0 Å². The predicted molar refractivity (Wildman–Crippen MR) is 83.7 cm³/mol. The van der Waals surface area contributed by atoms with Crippen LogP contribution in [0.5, 0.6) is 5.75 Å². The molecule has 118 valence electrons. The first-order valence-corrected chi connectivity index (χ1v) is 7.94. The van der Waals surface area contributed by atoms with E-state index in [0.29, 0.717) is 11.8 Å². The van der Waals surface area contributed by atoms with E-state index in [2.05, 4.69) is 22.0 Å². The molecule has 1 aliphatic rings. The van der Waals surface area contributed by atoms with Crippen molar-refractivity contribution in [3.05, 3.63) is 42.1 Å². The Balaban J connectivity index is 1.46. The number of likely N-dealkylation sites (tertiary alicyclic amines) is 1. The molecule has 3 rings (SSSR count). The summed E-state index contributed by atoms with van der Waals surface area (Å²) in [7, 11) is 0. The van der Waals surface area contributed by atoms with Gasteiger partial charge in [0.05, 0.1) is 12.6 Å². The fourth-order valence-corrected chi connectivity index (χ4v) is 2.87. The zero-order valence-electron chi connectivity index (χ0n) is 13.2. The highest BCUT2D eigenvalue weighted by Gasteiger charge is 2.26. The summed E-state index contributed by atoms with van der Waals surface area (Å²) in [6, 6.07) is 10.2. The van der Waals surface area contributed by atoms with E-state index in [0.717, 1.165) is 44.2 Å². The van der Waals surface area contributed by atoms with Gasteiger partial charge < -0.3 is 9.15 Å². The maximum Gasteiger partial charge on any atom is 0.233 e. The molecule has 1 aromatic heterocycles. The SMILES string of the molecule is Cc1nnc([C@H](C)N2CCC(COc3ccccc3)CC2)o1. The minimum Gasteiger partial charge on any atom is -0.493 e. The van der Waals surface area contributed by atoms with E-state index < -0.39 is 0 Å². The van der Waals surface area contributed by atoms with Crippen LogP contribution in [-0.4, -0.2) is 34.8 Å². The first-order valence-electron chi connectivity index (χ1n) is 7.94.